The maximum absolute atomic E-state index is 11.6. The molecule has 0 aromatic rings. The Morgan fingerprint density at radius 1 is 1.24 bits per heavy atom. The maximum Gasteiger partial charge on any atom is 0.311 e. The molecule has 0 aromatic heterocycles. The number of nitrogens with zero attached hydrogens (tertiary/aromatic N) is 1. The second-order valence-corrected chi connectivity index (χ2v) is 5.06. The van der Waals surface area contributed by atoms with Crippen molar-refractivity contribution < 1.29 is 9.59 Å². The average Bonchev–Trinajstić information content (AvgIpc) is 2.57. The van der Waals surface area contributed by atoms with Crippen LogP contribution in [-0.4, -0.2) is 36.9 Å². The van der Waals surface area contributed by atoms with Gasteiger partial charge in [0.2, 0.25) is 0 Å². The molecule has 1 atom stereocenters. The highest BCUT2D eigenvalue weighted by molar-refractivity contribution is 6.34. The molecule has 0 radical (unpaired) electrons. The van der Waals surface area contributed by atoms with Gasteiger partial charge in [0.1, 0.15) is 0 Å². The SMILES string of the molecule is C#C.CC.CCC(C)CC1CCN(C(=O)C(=O)NC)CC1. The van der Waals surface area contributed by atoms with E-state index in [4.69, 9.17) is 0 Å². The van der Waals surface area contributed by atoms with E-state index < -0.39 is 5.91 Å². The summed E-state index contributed by atoms with van der Waals surface area (Å²) in [6.45, 7) is 9.96. The van der Waals surface area contributed by atoms with Crippen molar-refractivity contribution in [2.45, 2.75) is 53.4 Å². The van der Waals surface area contributed by atoms with Gasteiger partial charge < -0.3 is 10.2 Å². The van der Waals surface area contributed by atoms with Gasteiger partial charge in [-0.05, 0) is 31.1 Å². The van der Waals surface area contributed by atoms with Crippen LogP contribution in [0.1, 0.15) is 53.4 Å². The molecule has 1 aliphatic rings. The molecule has 4 nitrogen and oxygen atoms in total. The monoisotopic (exact) mass is 296 g/mol. The van der Waals surface area contributed by atoms with Crippen molar-refractivity contribution in [1.29, 1.82) is 0 Å². The van der Waals surface area contributed by atoms with Gasteiger partial charge in [-0.1, -0.05) is 34.1 Å². The minimum Gasteiger partial charge on any atom is -0.351 e. The molecule has 1 unspecified atom stereocenters. The number of amides is 2. The number of hydrogen-bond donors (Lipinski definition) is 1. The molecule has 1 fully saturated rings. The lowest BCUT2D eigenvalue weighted by Gasteiger charge is -2.32. The minimum atomic E-state index is -0.495. The van der Waals surface area contributed by atoms with Gasteiger partial charge in [-0.25, -0.2) is 0 Å². The first-order chi connectivity index (χ1) is 10.1. The molecule has 1 aliphatic heterocycles. The summed E-state index contributed by atoms with van der Waals surface area (Å²) in [6.07, 6.45) is 12.5. The van der Waals surface area contributed by atoms with Crippen molar-refractivity contribution in [2.24, 2.45) is 11.8 Å². The Kier molecular flexibility index (Phi) is 14.0. The van der Waals surface area contributed by atoms with Gasteiger partial charge in [0.15, 0.2) is 0 Å². The third-order valence-electron chi connectivity index (χ3n) is 3.76. The van der Waals surface area contributed by atoms with Crippen LogP contribution in [-0.2, 0) is 9.59 Å². The number of hydrogen-bond acceptors (Lipinski definition) is 2. The Bertz CT molecular complexity index is 305. The summed E-state index contributed by atoms with van der Waals surface area (Å²) in [5, 5.41) is 2.38. The van der Waals surface area contributed by atoms with E-state index in [0.717, 1.165) is 37.8 Å². The molecule has 1 N–H and O–H groups in total. The lowest BCUT2D eigenvalue weighted by atomic mass is 9.87. The fourth-order valence-electron chi connectivity index (χ4n) is 2.36. The number of carbonyl (C=O) groups is 2. The third kappa shape index (κ3) is 8.39. The lowest BCUT2D eigenvalue weighted by molar-refractivity contribution is -0.146. The lowest BCUT2D eigenvalue weighted by Crippen LogP contribution is -2.45. The van der Waals surface area contributed by atoms with Gasteiger partial charge in [-0.15, -0.1) is 12.8 Å². The largest absolute Gasteiger partial charge is 0.351 e. The van der Waals surface area contributed by atoms with Crippen LogP contribution in [0, 0.1) is 24.7 Å². The van der Waals surface area contributed by atoms with Crippen molar-refractivity contribution >= 4 is 11.8 Å². The number of terminal acetylenes is 1. The number of nitrogens with one attached hydrogen (secondary N) is 1. The van der Waals surface area contributed by atoms with Crippen molar-refractivity contribution in [2.75, 3.05) is 20.1 Å². The molecule has 2 amide bonds. The maximum atomic E-state index is 11.6. The molecule has 122 valence electrons. The van der Waals surface area contributed by atoms with Crippen molar-refractivity contribution in [3.63, 3.8) is 0 Å². The Balaban J connectivity index is 0. The predicted molar refractivity (Wildman–Crippen MR) is 88.7 cm³/mol. The zero-order valence-corrected chi connectivity index (χ0v) is 14.3. The molecule has 0 aliphatic carbocycles. The molecule has 21 heavy (non-hydrogen) atoms. The van der Waals surface area contributed by atoms with E-state index in [1.54, 1.807) is 4.90 Å². The number of carbonyl (C=O) groups excluding carboxylic acids is 2. The number of rotatable bonds is 3. The van der Waals surface area contributed by atoms with Gasteiger partial charge in [0.05, 0.1) is 0 Å². The fraction of sp³-hybridized carbons (Fsp3) is 0.765. The first kappa shape index (κ1) is 21.8. The van der Waals surface area contributed by atoms with E-state index in [0.29, 0.717) is 0 Å². The number of likely N-dealkylation sites (tertiary alicyclic amines) is 1. The van der Waals surface area contributed by atoms with E-state index in [9.17, 15) is 9.59 Å². The summed E-state index contributed by atoms with van der Waals surface area (Å²) >= 11 is 0. The van der Waals surface area contributed by atoms with E-state index in [2.05, 4.69) is 32.0 Å². The second-order valence-electron chi connectivity index (χ2n) is 5.06. The first-order valence-corrected chi connectivity index (χ1v) is 7.92. The summed E-state index contributed by atoms with van der Waals surface area (Å²) < 4.78 is 0. The van der Waals surface area contributed by atoms with Gasteiger partial charge in [0.25, 0.3) is 0 Å². The Morgan fingerprint density at radius 2 is 1.71 bits per heavy atom. The van der Waals surface area contributed by atoms with Crippen LogP contribution in [0.2, 0.25) is 0 Å². The quantitative estimate of drug-likeness (QED) is 0.643. The standard InChI is InChI=1S/C13H24N2O2.C2H6.C2H2/c1-4-10(2)9-11-5-7-15(8-6-11)13(17)12(16)14-3;2*1-2/h10-11H,4-9H2,1-3H3,(H,14,16);1-2H3;1-2H. The van der Waals surface area contributed by atoms with Gasteiger partial charge in [0, 0.05) is 20.1 Å². The zero-order chi connectivity index (χ0) is 16.8. The summed E-state index contributed by atoms with van der Waals surface area (Å²) in [5.74, 6) is 0.611. The predicted octanol–water partition coefficient (Wildman–Crippen LogP) is 2.68. The molecule has 1 heterocycles. The van der Waals surface area contributed by atoms with E-state index in [1.165, 1.54) is 19.9 Å². The Morgan fingerprint density at radius 3 is 2.10 bits per heavy atom. The third-order valence-corrected chi connectivity index (χ3v) is 3.76. The number of piperidine rings is 1. The molecule has 1 rings (SSSR count). The van der Waals surface area contributed by atoms with Gasteiger partial charge >= 0.3 is 11.8 Å². The second kappa shape index (κ2) is 13.5. The molecule has 0 saturated carbocycles. The van der Waals surface area contributed by atoms with E-state index >= 15 is 0 Å². The minimum absolute atomic E-state index is 0.380. The van der Waals surface area contributed by atoms with Crippen LogP contribution in [0.4, 0.5) is 0 Å². The zero-order valence-electron chi connectivity index (χ0n) is 14.3. The van der Waals surface area contributed by atoms with E-state index in [-0.39, 0.29) is 5.91 Å². The van der Waals surface area contributed by atoms with Crippen LogP contribution in [0.15, 0.2) is 0 Å². The van der Waals surface area contributed by atoms with Crippen molar-refractivity contribution in [1.82, 2.24) is 10.2 Å². The number of likely N-dealkylation sites (N-methyl/N-ethyl adjacent to an activating group) is 1. The van der Waals surface area contributed by atoms with Gasteiger partial charge in [-0.3, -0.25) is 9.59 Å². The average molecular weight is 296 g/mol. The summed E-state index contributed by atoms with van der Waals surface area (Å²) in [4.78, 5) is 24.5. The topological polar surface area (TPSA) is 49.4 Å². The molecule has 1 saturated heterocycles. The van der Waals surface area contributed by atoms with Crippen LogP contribution >= 0.6 is 0 Å². The molecule has 0 spiro atoms. The van der Waals surface area contributed by atoms with E-state index in [1.807, 2.05) is 13.8 Å². The molecule has 0 bridgehead atoms. The van der Waals surface area contributed by atoms with Crippen LogP contribution < -0.4 is 5.32 Å². The van der Waals surface area contributed by atoms with Crippen molar-refractivity contribution in [3.05, 3.63) is 0 Å². The highest BCUT2D eigenvalue weighted by Gasteiger charge is 2.26. The summed E-state index contributed by atoms with van der Waals surface area (Å²) in [5.41, 5.74) is 0. The van der Waals surface area contributed by atoms with Crippen LogP contribution in [0.5, 0.6) is 0 Å². The first-order valence-electron chi connectivity index (χ1n) is 7.92. The molecule has 0 aromatic carbocycles. The smallest absolute Gasteiger partial charge is 0.311 e. The summed E-state index contributed by atoms with van der Waals surface area (Å²) in [7, 11) is 1.50. The molecular formula is C17H32N2O2. The molecule has 4 heteroatoms. The highest BCUT2D eigenvalue weighted by Crippen LogP contribution is 2.25. The normalized spacial score (nSPS) is 15.7. The fourth-order valence-corrected chi connectivity index (χ4v) is 2.36. The molecular weight excluding hydrogens is 264 g/mol. The highest BCUT2D eigenvalue weighted by atomic mass is 16.2. The summed E-state index contributed by atoms with van der Waals surface area (Å²) in [6, 6.07) is 0. The van der Waals surface area contributed by atoms with Gasteiger partial charge in [-0.2, -0.15) is 0 Å². The van der Waals surface area contributed by atoms with Crippen LogP contribution in [0.3, 0.4) is 0 Å². The Labute approximate surface area is 130 Å². The van der Waals surface area contributed by atoms with Crippen molar-refractivity contribution in [3.8, 4) is 12.8 Å². The van der Waals surface area contributed by atoms with Crippen LogP contribution in [0.25, 0.3) is 0 Å². The Hall–Kier alpha value is -1.50.